The predicted octanol–water partition coefficient (Wildman–Crippen LogP) is 0.882. The molecule has 1 aliphatic rings. The van der Waals surface area contributed by atoms with Crippen molar-refractivity contribution in [3.63, 3.8) is 0 Å². The van der Waals surface area contributed by atoms with Crippen LogP contribution in [0.25, 0.3) is 0 Å². The summed E-state index contributed by atoms with van der Waals surface area (Å²) >= 11 is 1.62. The molecule has 1 aliphatic heterocycles. The zero-order valence-electron chi connectivity index (χ0n) is 10.7. The van der Waals surface area contributed by atoms with Gasteiger partial charge < -0.3 is 15.8 Å². The maximum Gasteiger partial charge on any atom is 0.249 e. The lowest BCUT2D eigenvalue weighted by Crippen LogP contribution is -2.35. The fourth-order valence-electron chi connectivity index (χ4n) is 1.96. The van der Waals surface area contributed by atoms with Gasteiger partial charge in [0.15, 0.2) is 0 Å². The van der Waals surface area contributed by atoms with E-state index in [1.165, 1.54) is 4.88 Å². The number of rotatable bonds is 4. The number of hydrogen-bond donors (Lipinski definition) is 2. The third-order valence-corrected chi connectivity index (χ3v) is 4.22. The fraction of sp³-hybridized carbons (Fsp3) is 0.667. The van der Waals surface area contributed by atoms with E-state index in [0.29, 0.717) is 13.1 Å². The number of ether oxygens (including phenoxy) is 1. The Morgan fingerprint density at radius 2 is 2.33 bits per heavy atom. The van der Waals surface area contributed by atoms with Crippen LogP contribution >= 0.6 is 11.3 Å². The predicted molar refractivity (Wildman–Crippen MR) is 70.4 cm³/mol. The highest BCUT2D eigenvalue weighted by atomic mass is 32.1. The third kappa shape index (κ3) is 3.07. The minimum atomic E-state index is -0.347. The summed E-state index contributed by atoms with van der Waals surface area (Å²) in [6.45, 7) is 4.97. The van der Waals surface area contributed by atoms with Crippen molar-refractivity contribution >= 4 is 17.2 Å². The van der Waals surface area contributed by atoms with E-state index in [4.69, 9.17) is 10.5 Å². The molecule has 0 unspecified atom stereocenters. The van der Waals surface area contributed by atoms with E-state index in [-0.39, 0.29) is 18.1 Å². The first-order valence-corrected chi connectivity index (χ1v) is 6.98. The topological polar surface area (TPSA) is 77.2 Å². The number of nitrogens with two attached hydrogens (primary N) is 1. The van der Waals surface area contributed by atoms with Crippen LogP contribution in [0.15, 0.2) is 0 Å². The number of aryl methyl sites for hydroxylation is 2. The van der Waals surface area contributed by atoms with Gasteiger partial charge in [0.25, 0.3) is 0 Å². The van der Waals surface area contributed by atoms with Crippen LogP contribution in [0.3, 0.4) is 0 Å². The maximum absolute atomic E-state index is 11.9. The summed E-state index contributed by atoms with van der Waals surface area (Å²) in [4.78, 5) is 17.4. The third-order valence-electron chi connectivity index (χ3n) is 3.15. The largest absolute Gasteiger partial charge is 0.364 e. The Morgan fingerprint density at radius 3 is 2.89 bits per heavy atom. The lowest BCUT2D eigenvalue weighted by atomic mass is 10.2. The number of aromatic nitrogens is 1. The lowest BCUT2D eigenvalue weighted by molar-refractivity contribution is -0.132. The summed E-state index contributed by atoms with van der Waals surface area (Å²) in [5.41, 5.74) is 6.55. The van der Waals surface area contributed by atoms with Gasteiger partial charge in [-0.1, -0.05) is 0 Å². The first kappa shape index (κ1) is 13.5. The molecule has 1 fully saturated rings. The van der Waals surface area contributed by atoms with Crippen LogP contribution in [0, 0.1) is 13.8 Å². The van der Waals surface area contributed by atoms with Crippen LogP contribution in [-0.4, -0.2) is 29.6 Å². The lowest BCUT2D eigenvalue weighted by Gasteiger charge is -2.11. The quantitative estimate of drug-likeness (QED) is 0.850. The number of thiazole rings is 1. The normalized spacial score (nSPS) is 23.3. The van der Waals surface area contributed by atoms with Crippen molar-refractivity contribution in [1.82, 2.24) is 10.3 Å². The molecule has 2 rings (SSSR count). The van der Waals surface area contributed by atoms with Crippen molar-refractivity contribution in [1.29, 1.82) is 0 Å². The number of nitrogens with zero attached hydrogens (tertiary/aromatic N) is 1. The molecule has 2 heterocycles. The zero-order chi connectivity index (χ0) is 13.1. The molecule has 0 bridgehead atoms. The molecule has 1 saturated heterocycles. The van der Waals surface area contributed by atoms with Gasteiger partial charge in [-0.3, -0.25) is 4.79 Å². The van der Waals surface area contributed by atoms with E-state index in [1.54, 1.807) is 11.3 Å². The first-order chi connectivity index (χ1) is 8.60. The van der Waals surface area contributed by atoms with Crippen molar-refractivity contribution in [2.45, 2.75) is 45.4 Å². The fourth-order valence-corrected chi connectivity index (χ4v) is 2.84. The molecule has 2 atom stereocenters. The molecular weight excluding hydrogens is 250 g/mol. The van der Waals surface area contributed by atoms with Gasteiger partial charge in [0, 0.05) is 11.4 Å². The standard InChI is InChI=1S/C12H19N3O2S/c1-7-8(2)18-11(15-7)6-14-12(16)10-4-3-9(5-13)17-10/h9-10H,3-6,13H2,1-2H3,(H,14,16)/t9-,10+/m1/s1. The highest BCUT2D eigenvalue weighted by molar-refractivity contribution is 7.11. The van der Waals surface area contributed by atoms with E-state index in [2.05, 4.69) is 10.3 Å². The molecular formula is C12H19N3O2S. The Bertz CT molecular complexity index is 413. The van der Waals surface area contributed by atoms with Gasteiger partial charge in [-0.05, 0) is 26.7 Å². The molecule has 0 aromatic carbocycles. The molecule has 5 nitrogen and oxygen atoms in total. The molecule has 1 aromatic heterocycles. The smallest absolute Gasteiger partial charge is 0.249 e. The molecule has 0 aliphatic carbocycles. The minimum Gasteiger partial charge on any atom is -0.364 e. The van der Waals surface area contributed by atoms with E-state index >= 15 is 0 Å². The van der Waals surface area contributed by atoms with Crippen molar-refractivity contribution in [2.24, 2.45) is 5.73 Å². The first-order valence-electron chi connectivity index (χ1n) is 6.16. The summed E-state index contributed by atoms with van der Waals surface area (Å²) in [5.74, 6) is -0.0588. The van der Waals surface area contributed by atoms with Crippen LogP contribution in [0.5, 0.6) is 0 Å². The van der Waals surface area contributed by atoms with Crippen molar-refractivity contribution in [2.75, 3.05) is 6.54 Å². The van der Waals surface area contributed by atoms with Gasteiger partial charge in [-0.25, -0.2) is 4.98 Å². The van der Waals surface area contributed by atoms with Crippen LogP contribution in [0.2, 0.25) is 0 Å². The average Bonchev–Trinajstić information content (AvgIpc) is 2.94. The van der Waals surface area contributed by atoms with Crippen LogP contribution in [-0.2, 0) is 16.1 Å². The number of hydrogen-bond acceptors (Lipinski definition) is 5. The molecule has 100 valence electrons. The Kier molecular flexibility index (Phi) is 4.31. The van der Waals surface area contributed by atoms with Gasteiger partial charge in [0.2, 0.25) is 5.91 Å². The van der Waals surface area contributed by atoms with Crippen LogP contribution in [0.4, 0.5) is 0 Å². The number of nitrogens with one attached hydrogen (secondary N) is 1. The average molecular weight is 269 g/mol. The summed E-state index contributed by atoms with van der Waals surface area (Å²) in [6.07, 6.45) is 1.30. The summed E-state index contributed by atoms with van der Waals surface area (Å²) < 4.78 is 5.54. The van der Waals surface area contributed by atoms with Gasteiger partial charge in [0.1, 0.15) is 11.1 Å². The molecule has 0 saturated carbocycles. The molecule has 3 N–H and O–H groups in total. The number of carbonyl (C=O) groups excluding carboxylic acids is 1. The second-order valence-corrected chi connectivity index (χ2v) is 5.81. The summed E-state index contributed by atoms with van der Waals surface area (Å²) in [7, 11) is 0. The Hall–Kier alpha value is -0.980. The molecule has 1 amide bonds. The van der Waals surface area contributed by atoms with Crippen molar-refractivity contribution in [3.05, 3.63) is 15.6 Å². The second kappa shape index (κ2) is 5.77. The maximum atomic E-state index is 11.9. The van der Waals surface area contributed by atoms with Gasteiger partial charge in [-0.2, -0.15) is 0 Å². The van der Waals surface area contributed by atoms with Crippen molar-refractivity contribution in [3.8, 4) is 0 Å². The van der Waals surface area contributed by atoms with Gasteiger partial charge in [-0.15, -0.1) is 11.3 Å². The number of carbonyl (C=O) groups is 1. The van der Waals surface area contributed by atoms with Gasteiger partial charge in [0.05, 0.1) is 18.3 Å². The van der Waals surface area contributed by atoms with E-state index < -0.39 is 0 Å². The van der Waals surface area contributed by atoms with Gasteiger partial charge >= 0.3 is 0 Å². The number of amides is 1. The minimum absolute atomic E-state index is 0.0325. The van der Waals surface area contributed by atoms with Crippen molar-refractivity contribution < 1.29 is 9.53 Å². The van der Waals surface area contributed by atoms with E-state index in [9.17, 15) is 4.79 Å². The second-order valence-electron chi connectivity index (χ2n) is 4.53. The van der Waals surface area contributed by atoms with E-state index in [1.807, 2.05) is 13.8 Å². The monoisotopic (exact) mass is 269 g/mol. The zero-order valence-corrected chi connectivity index (χ0v) is 11.5. The summed E-state index contributed by atoms with van der Waals surface area (Å²) in [6, 6.07) is 0. The highest BCUT2D eigenvalue weighted by Gasteiger charge is 2.29. The molecule has 1 aromatic rings. The SMILES string of the molecule is Cc1nc(CNC(=O)[C@@H]2CC[C@H](CN)O2)sc1C. The van der Waals surface area contributed by atoms with Crippen LogP contribution < -0.4 is 11.1 Å². The molecule has 6 heteroatoms. The Labute approximate surface area is 111 Å². The molecule has 0 spiro atoms. The molecule has 0 radical (unpaired) electrons. The van der Waals surface area contributed by atoms with Crippen LogP contribution in [0.1, 0.15) is 28.4 Å². The molecule has 18 heavy (non-hydrogen) atoms. The Morgan fingerprint density at radius 1 is 1.56 bits per heavy atom. The Balaban J connectivity index is 1.82. The van der Waals surface area contributed by atoms with E-state index in [0.717, 1.165) is 23.5 Å². The highest BCUT2D eigenvalue weighted by Crippen LogP contribution is 2.20. The summed E-state index contributed by atoms with van der Waals surface area (Å²) in [5, 5.41) is 3.81.